The number of alkyl carbamates (subject to hydrolysis) is 1. The van der Waals surface area contributed by atoms with E-state index in [1.165, 1.54) is 4.31 Å². The zero-order valence-electron chi connectivity index (χ0n) is 14.8. The third-order valence-corrected chi connectivity index (χ3v) is 6.35. The first kappa shape index (κ1) is 20.2. The van der Waals surface area contributed by atoms with E-state index >= 15 is 0 Å². The van der Waals surface area contributed by atoms with E-state index in [0.29, 0.717) is 18.3 Å². The number of hydrogen-bond acceptors (Lipinski definition) is 4. The van der Waals surface area contributed by atoms with Crippen LogP contribution in [0.4, 0.5) is 4.79 Å². The molecule has 1 saturated heterocycles. The molecule has 0 aliphatic carbocycles. The van der Waals surface area contributed by atoms with Gasteiger partial charge in [-0.3, -0.25) is 0 Å². The molecule has 6 nitrogen and oxygen atoms in total. The van der Waals surface area contributed by atoms with E-state index in [4.69, 9.17) is 4.74 Å². The van der Waals surface area contributed by atoms with Crippen LogP contribution >= 0.6 is 15.9 Å². The summed E-state index contributed by atoms with van der Waals surface area (Å²) in [4.78, 5) is 12.2. The SMILES string of the molecule is CC(C)(C)OC(=O)NC1CCCN(S(=O)(=O)c2ccc(CBr)cc2)C1. The highest BCUT2D eigenvalue weighted by molar-refractivity contribution is 9.08. The highest BCUT2D eigenvalue weighted by Gasteiger charge is 2.31. The maximum absolute atomic E-state index is 12.8. The lowest BCUT2D eigenvalue weighted by atomic mass is 10.1. The first-order valence-electron chi connectivity index (χ1n) is 8.26. The molecule has 0 radical (unpaired) electrons. The van der Waals surface area contributed by atoms with E-state index in [1.54, 1.807) is 45.0 Å². The Morgan fingerprint density at radius 1 is 1.32 bits per heavy atom. The molecule has 1 aromatic rings. The van der Waals surface area contributed by atoms with Crippen LogP contribution in [0.15, 0.2) is 29.2 Å². The van der Waals surface area contributed by atoms with Crippen molar-refractivity contribution in [1.82, 2.24) is 9.62 Å². The van der Waals surface area contributed by atoms with Gasteiger partial charge in [-0.05, 0) is 51.3 Å². The van der Waals surface area contributed by atoms with Crippen molar-refractivity contribution in [3.63, 3.8) is 0 Å². The molecule has 1 fully saturated rings. The van der Waals surface area contributed by atoms with Crippen molar-refractivity contribution < 1.29 is 17.9 Å². The van der Waals surface area contributed by atoms with Crippen LogP contribution in [-0.4, -0.2) is 43.5 Å². The standard InChI is InChI=1S/C17H25BrN2O4S/c1-17(2,3)24-16(21)19-14-5-4-10-20(12-14)25(22,23)15-8-6-13(11-18)7-9-15/h6-9,14H,4-5,10-12H2,1-3H3,(H,19,21). The average Bonchev–Trinajstić information content (AvgIpc) is 2.53. The Kier molecular flexibility index (Phi) is 6.51. The topological polar surface area (TPSA) is 75.7 Å². The van der Waals surface area contributed by atoms with E-state index in [9.17, 15) is 13.2 Å². The average molecular weight is 433 g/mol. The highest BCUT2D eigenvalue weighted by atomic mass is 79.9. The summed E-state index contributed by atoms with van der Waals surface area (Å²) in [6.07, 6.45) is 0.908. The number of nitrogens with zero attached hydrogens (tertiary/aromatic N) is 1. The number of ether oxygens (including phenoxy) is 1. The molecule has 25 heavy (non-hydrogen) atoms. The third kappa shape index (κ3) is 5.69. The van der Waals surface area contributed by atoms with Crippen molar-refractivity contribution in [2.24, 2.45) is 0 Å². The van der Waals surface area contributed by atoms with E-state index in [0.717, 1.165) is 12.0 Å². The summed E-state index contributed by atoms with van der Waals surface area (Å²) in [6.45, 7) is 6.08. The number of sulfonamides is 1. The van der Waals surface area contributed by atoms with Gasteiger partial charge in [-0.25, -0.2) is 13.2 Å². The van der Waals surface area contributed by atoms with Gasteiger partial charge in [0.1, 0.15) is 5.60 Å². The minimum absolute atomic E-state index is 0.250. The number of carbonyl (C=O) groups excluding carboxylic acids is 1. The highest BCUT2D eigenvalue weighted by Crippen LogP contribution is 2.22. The van der Waals surface area contributed by atoms with Crippen molar-refractivity contribution in [2.75, 3.05) is 13.1 Å². The van der Waals surface area contributed by atoms with Gasteiger partial charge in [-0.2, -0.15) is 4.31 Å². The van der Waals surface area contributed by atoms with E-state index in [1.807, 2.05) is 0 Å². The molecule has 1 atom stereocenters. The van der Waals surface area contributed by atoms with Crippen LogP contribution in [-0.2, 0) is 20.1 Å². The van der Waals surface area contributed by atoms with Crippen LogP contribution < -0.4 is 5.32 Å². The van der Waals surface area contributed by atoms with Crippen LogP contribution in [0.1, 0.15) is 39.2 Å². The van der Waals surface area contributed by atoms with Gasteiger partial charge in [-0.1, -0.05) is 28.1 Å². The van der Waals surface area contributed by atoms with Gasteiger partial charge in [-0.15, -0.1) is 0 Å². The smallest absolute Gasteiger partial charge is 0.407 e. The second-order valence-electron chi connectivity index (χ2n) is 7.13. The van der Waals surface area contributed by atoms with Crippen molar-refractivity contribution >= 4 is 32.0 Å². The molecule has 2 rings (SSSR count). The molecule has 1 aliphatic rings. The fourth-order valence-electron chi connectivity index (χ4n) is 2.65. The lowest BCUT2D eigenvalue weighted by Gasteiger charge is -2.32. The molecule has 0 saturated carbocycles. The minimum atomic E-state index is -3.56. The van der Waals surface area contributed by atoms with Gasteiger partial charge in [0.15, 0.2) is 0 Å². The molecule has 1 unspecified atom stereocenters. The van der Waals surface area contributed by atoms with Gasteiger partial charge < -0.3 is 10.1 Å². The lowest BCUT2D eigenvalue weighted by Crippen LogP contribution is -2.50. The molecule has 0 bridgehead atoms. The molecular weight excluding hydrogens is 408 g/mol. The number of amides is 1. The molecule has 1 aromatic carbocycles. The van der Waals surface area contributed by atoms with Gasteiger partial charge in [0.25, 0.3) is 0 Å². The number of piperidine rings is 1. The molecular formula is C17H25BrN2O4S. The van der Waals surface area contributed by atoms with Crippen molar-refractivity contribution in [2.45, 2.75) is 55.5 Å². The number of hydrogen-bond donors (Lipinski definition) is 1. The quantitative estimate of drug-likeness (QED) is 0.740. The summed E-state index contributed by atoms with van der Waals surface area (Å²) in [5, 5.41) is 3.45. The molecule has 1 N–H and O–H groups in total. The monoisotopic (exact) mass is 432 g/mol. The Balaban J connectivity index is 2.05. The molecule has 1 aliphatic heterocycles. The molecule has 8 heteroatoms. The van der Waals surface area contributed by atoms with Crippen LogP contribution in [0.25, 0.3) is 0 Å². The Hall–Kier alpha value is -1.12. The van der Waals surface area contributed by atoms with Gasteiger partial charge in [0.2, 0.25) is 10.0 Å². The zero-order valence-corrected chi connectivity index (χ0v) is 17.2. The normalized spacial score (nSPS) is 19.4. The molecule has 140 valence electrons. The summed E-state index contributed by atoms with van der Waals surface area (Å²) in [6, 6.07) is 6.58. The maximum atomic E-state index is 12.8. The summed E-state index contributed by atoms with van der Waals surface area (Å²) < 4.78 is 32.3. The van der Waals surface area contributed by atoms with Crippen molar-refractivity contribution in [3.05, 3.63) is 29.8 Å². The second-order valence-corrected chi connectivity index (χ2v) is 9.62. The fraction of sp³-hybridized carbons (Fsp3) is 0.588. The molecule has 1 amide bonds. The Morgan fingerprint density at radius 3 is 2.52 bits per heavy atom. The van der Waals surface area contributed by atoms with Crippen LogP contribution in [0, 0.1) is 0 Å². The largest absolute Gasteiger partial charge is 0.444 e. The van der Waals surface area contributed by atoms with E-state index in [-0.39, 0.29) is 17.5 Å². The number of rotatable bonds is 4. The van der Waals surface area contributed by atoms with Crippen LogP contribution in [0.2, 0.25) is 0 Å². The maximum Gasteiger partial charge on any atom is 0.407 e. The van der Waals surface area contributed by atoms with Crippen molar-refractivity contribution in [3.8, 4) is 0 Å². The lowest BCUT2D eigenvalue weighted by molar-refractivity contribution is 0.0487. The third-order valence-electron chi connectivity index (χ3n) is 3.82. The van der Waals surface area contributed by atoms with Gasteiger partial charge >= 0.3 is 6.09 Å². The van der Waals surface area contributed by atoms with E-state index < -0.39 is 21.7 Å². The Labute approximate surface area is 158 Å². The molecule has 0 aromatic heterocycles. The van der Waals surface area contributed by atoms with E-state index in [2.05, 4.69) is 21.2 Å². The van der Waals surface area contributed by atoms with Crippen LogP contribution in [0.3, 0.4) is 0 Å². The summed E-state index contributed by atoms with van der Waals surface area (Å²) in [5.74, 6) is 0. The van der Waals surface area contributed by atoms with Gasteiger partial charge in [0, 0.05) is 24.5 Å². The fourth-order valence-corrected chi connectivity index (χ4v) is 4.55. The summed E-state index contributed by atoms with van der Waals surface area (Å²) in [7, 11) is -3.56. The Morgan fingerprint density at radius 2 is 1.96 bits per heavy atom. The number of nitrogens with one attached hydrogen (secondary N) is 1. The summed E-state index contributed by atoms with van der Waals surface area (Å²) >= 11 is 3.35. The number of halogens is 1. The number of carbonyl (C=O) groups is 1. The predicted molar refractivity (Wildman–Crippen MR) is 100 cm³/mol. The zero-order chi connectivity index (χ0) is 18.7. The number of benzene rings is 1. The first-order valence-corrected chi connectivity index (χ1v) is 10.8. The second kappa shape index (κ2) is 8.05. The van der Waals surface area contributed by atoms with Crippen LogP contribution in [0.5, 0.6) is 0 Å². The molecule has 0 spiro atoms. The number of alkyl halides is 1. The predicted octanol–water partition coefficient (Wildman–Crippen LogP) is 3.26. The van der Waals surface area contributed by atoms with Gasteiger partial charge in [0.05, 0.1) is 4.90 Å². The molecule has 1 heterocycles. The van der Waals surface area contributed by atoms with Crippen molar-refractivity contribution in [1.29, 1.82) is 0 Å². The minimum Gasteiger partial charge on any atom is -0.444 e. The Bertz CT molecular complexity index is 698. The first-order chi connectivity index (χ1) is 11.6. The summed E-state index contributed by atoms with van der Waals surface area (Å²) in [5.41, 5.74) is 0.434.